The van der Waals surface area contributed by atoms with E-state index in [0.29, 0.717) is 24.1 Å². The molecule has 13 nitrogen and oxygen atoms in total. The number of ether oxygens (including phenoxy) is 1. The van der Waals surface area contributed by atoms with Gasteiger partial charge in [-0.05, 0) is 88.0 Å². The minimum atomic E-state index is -2.27. The summed E-state index contributed by atoms with van der Waals surface area (Å²) in [5, 5.41) is 56.8. The third-order valence-electron chi connectivity index (χ3n) is 10.7. The van der Waals surface area contributed by atoms with Gasteiger partial charge in [0.2, 0.25) is 5.79 Å². The first-order valence-corrected chi connectivity index (χ1v) is 15.9. The van der Waals surface area contributed by atoms with Crippen LogP contribution in [0.2, 0.25) is 0 Å². The molecule has 2 saturated carbocycles. The summed E-state index contributed by atoms with van der Waals surface area (Å²) in [4.78, 5) is 41.6. The van der Waals surface area contributed by atoms with E-state index in [0.717, 1.165) is 55.8 Å². The van der Waals surface area contributed by atoms with Crippen molar-refractivity contribution >= 4 is 17.8 Å². The molecule has 46 heavy (non-hydrogen) atoms. The number of aliphatic hydroxyl groups excluding tert-OH is 3. The Hall–Kier alpha value is -3.49. The maximum absolute atomic E-state index is 13.0. The number of hydrogen-bond donors (Lipinski definition) is 6. The van der Waals surface area contributed by atoms with E-state index in [1.165, 1.54) is 30.4 Å². The number of allylic oxidation sites excluding steroid dienone is 1. The van der Waals surface area contributed by atoms with Crippen LogP contribution in [0.5, 0.6) is 5.75 Å². The van der Waals surface area contributed by atoms with Gasteiger partial charge in [-0.1, -0.05) is 23.8 Å². The number of aryl methyl sites for hydroxylation is 1. The number of aliphatic hydroxyl groups is 4. The Balaban J connectivity index is 0.000000324. The number of aliphatic carboxylic acids is 2. The standard InChI is InChI=1S/C29H36N2O5.C4H6O6/c1-17-5-3-4-6-24(17)36-31(18(2)32)22-11-10-21-23-15-20-9-12-25(33)29(34)26(20)28(21,27(22)35-29)13-14-30(23)16-19-7-8-19;5-1(3(7)8)2(6)4(9)10/h3-6,12,19,21-23,27,33-34H,7-11,13-16H2,1-2H3;1-2,5-6H,(H,7,8)(H,9,10)/t21-,22+,23+,27-,28-,29+;/m0./s1. The maximum Gasteiger partial charge on any atom is 0.335 e. The molecule has 0 aromatic heterocycles. The van der Waals surface area contributed by atoms with Gasteiger partial charge in [0, 0.05) is 30.5 Å². The van der Waals surface area contributed by atoms with Gasteiger partial charge in [-0.3, -0.25) is 9.69 Å². The molecule has 1 aromatic carbocycles. The maximum atomic E-state index is 13.0. The van der Waals surface area contributed by atoms with Crippen molar-refractivity contribution in [1.82, 2.24) is 9.96 Å². The summed E-state index contributed by atoms with van der Waals surface area (Å²) < 4.78 is 6.55. The molecule has 6 aliphatic rings. The second kappa shape index (κ2) is 11.9. The minimum Gasteiger partial charge on any atom is -0.507 e. The number of para-hydroxylation sites is 1. The molecule has 2 saturated heterocycles. The molecular formula is C33H42N2O11. The first-order chi connectivity index (χ1) is 21.8. The van der Waals surface area contributed by atoms with Gasteiger partial charge in [-0.15, -0.1) is 0 Å². The Morgan fingerprint density at radius 1 is 1.09 bits per heavy atom. The van der Waals surface area contributed by atoms with Gasteiger partial charge in [0.25, 0.3) is 5.91 Å². The Morgan fingerprint density at radius 2 is 1.76 bits per heavy atom. The van der Waals surface area contributed by atoms with E-state index >= 15 is 0 Å². The molecule has 2 unspecified atom stereocenters. The van der Waals surface area contributed by atoms with E-state index in [2.05, 4.69) is 4.90 Å². The van der Waals surface area contributed by atoms with E-state index in [-0.39, 0.29) is 17.7 Å². The minimum absolute atomic E-state index is 0.101. The van der Waals surface area contributed by atoms with Gasteiger partial charge in [0.15, 0.2) is 23.7 Å². The summed E-state index contributed by atoms with van der Waals surface area (Å²) in [6, 6.07) is 7.76. The molecule has 2 bridgehead atoms. The highest BCUT2D eigenvalue weighted by Gasteiger charge is 2.73. The normalized spacial score (nSPS) is 33.9. The van der Waals surface area contributed by atoms with E-state index in [1.54, 1.807) is 6.08 Å². The first-order valence-electron chi connectivity index (χ1n) is 15.9. The summed E-state index contributed by atoms with van der Waals surface area (Å²) >= 11 is 0. The zero-order valence-corrected chi connectivity index (χ0v) is 25.9. The summed E-state index contributed by atoms with van der Waals surface area (Å²) in [5.41, 5.74) is 2.67. The van der Waals surface area contributed by atoms with Gasteiger partial charge in [-0.2, -0.15) is 5.06 Å². The van der Waals surface area contributed by atoms with Crippen molar-refractivity contribution in [3.63, 3.8) is 0 Å². The van der Waals surface area contributed by atoms with Crippen LogP contribution in [-0.2, 0) is 19.1 Å². The lowest BCUT2D eigenvalue weighted by Gasteiger charge is -2.61. The highest BCUT2D eigenvalue weighted by atomic mass is 16.7. The van der Waals surface area contributed by atoms with Crippen molar-refractivity contribution in [1.29, 1.82) is 0 Å². The fourth-order valence-corrected chi connectivity index (χ4v) is 8.55. The van der Waals surface area contributed by atoms with Crippen molar-refractivity contribution in [2.75, 3.05) is 13.1 Å². The van der Waals surface area contributed by atoms with Gasteiger partial charge >= 0.3 is 11.9 Å². The van der Waals surface area contributed by atoms with Crippen LogP contribution in [0.15, 0.2) is 47.2 Å². The number of nitrogens with zero attached hydrogens (tertiary/aromatic N) is 2. The molecule has 1 spiro atoms. The van der Waals surface area contributed by atoms with E-state index in [1.807, 2.05) is 31.2 Å². The average Bonchev–Trinajstić information content (AvgIpc) is 3.79. The quantitative estimate of drug-likeness (QED) is 0.178. The van der Waals surface area contributed by atoms with Crippen molar-refractivity contribution in [3.05, 3.63) is 52.8 Å². The molecular weight excluding hydrogens is 600 g/mol. The number of carbonyl (C=O) groups is 3. The van der Waals surface area contributed by atoms with E-state index in [9.17, 15) is 24.6 Å². The number of piperidine rings is 1. The number of carboxylic acids is 2. The van der Waals surface area contributed by atoms with Gasteiger partial charge in [0.05, 0.1) is 12.1 Å². The Morgan fingerprint density at radius 3 is 2.37 bits per heavy atom. The number of rotatable bonds is 8. The number of amides is 1. The van der Waals surface area contributed by atoms with E-state index in [4.69, 9.17) is 30.0 Å². The molecule has 7 rings (SSSR count). The molecule has 1 amide bonds. The number of likely N-dealkylation sites (tertiary alicyclic amines) is 1. The predicted octanol–water partition coefficient (Wildman–Crippen LogP) is 1.90. The van der Waals surface area contributed by atoms with Crippen LogP contribution in [0.1, 0.15) is 57.4 Å². The Bertz CT molecular complexity index is 1450. The lowest BCUT2D eigenvalue weighted by atomic mass is 9.49. The van der Waals surface area contributed by atoms with Crippen LogP contribution in [0.3, 0.4) is 0 Å². The molecule has 8 atom stereocenters. The summed E-state index contributed by atoms with van der Waals surface area (Å²) in [7, 11) is 0. The largest absolute Gasteiger partial charge is 0.507 e. The smallest absolute Gasteiger partial charge is 0.335 e. The van der Waals surface area contributed by atoms with Crippen molar-refractivity contribution in [3.8, 4) is 5.75 Å². The van der Waals surface area contributed by atoms with Crippen LogP contribution < -0.4 is 4.84 Å². The van der Waals surface area contributed by atoms with Crippen molar-refractivity contribution in [2.24, 2.45) is 17.3 Å². The predicted molar refractivity (Wildman–Crippen MR) is 160 cm³/mol. The van der Waals surface area contributed by atoms with Crippen molar-refractivity contribution < 1.29 is 54.6 Å². The molecule has 0 radical (unpaired) electrons. The van der Waals surface area contributed by atoms with Crippen LogP contribution in [0.4, 0.5) is 0 Å². The van der Waals surface area contributed by atoms with Crippen LogP contribution >= 0.6 is 0 Å². The zero-order valence-electron chi connectivity index (χ0n) is 25.9. The summed E-state index contributed by atoms with van der Waals surface area (Å²) in [6.45, 7) is 5.62. The monoisotopic (exact) mass is 642 g/mol. The fourth-order valence-electron chi connectivity index (χ4n) is 8.55. The topological polar surface area (TPSA) is 198 Å². The van der Waals surface area contributed by atoms with Gasteiger partial charge < -0.3 is 40.2 Å². The molecule has 1 aromatic rings. The molecule has 4 fully saturated rings. The van der Waals surface area contributed by atoms with Gasteiger partial charge in [0.1, 0.15) is 0 Å². The highest BCUT2D eigenvalue weighted by molar-refractivity contribution is 5.83. The summed E-state index contributed by atoms with van der Waals surface area (Å²) in [5.74, 6) is -3.82. The van der Waals surface area contributed by atoms with Crippen LogP contribution in [0.25, 0.3) is 0 Å². The molecule has 2 aliphatic heterocycles. The SMILES string of the molecule is CC(=O)N(Oc1ccccc1C)[C@@H]1CC[C@H]2[C@H]3CC4=C5[C@](O)(O[C@@H]1[C@]52CCN3CC1CC1)C(O)=CC4.O=C(O)C(O)C(O)C(=O)O. The van der Waals surface area contributed by atoms with Crippen LogP contribution in [0, 0.1) is 24.2 Å². The molecule has 13 heteroatoms. The molecule has 2 heterocycles. The fraction of sp³-hybridized carbons (Fsp3) is 0.606. The lowest BCUT2D eigenvalue weighted by molar-refractivity contribution is -0.228. The third kappa shape index (κ3) is 5.27. The average molecular weight is 643 g/mol. The number of carbonyl (C=O) groups excluding carboxylic acids is 1. The molecule has 250 valence electrons. The molecule has 4 aliphatic carbocycles. The van der Waals surface area contributed by atoms with Gasteiger partial charge in [-0.25, -0.2) is 9.59 Å². The number of hydroxylamine groups is 2. The van der Waals surface area contributed by atoms with Crippen molar-refractivity contribution in [2.45, 2.75) is 95.0 Å². The third-order valence-corrected chi connectivity index (χ3v) is 10.7. The lowest BCUT2D eigenvalue weighted by Crippen LogP contribution is -2.66. The zero-order chi connectivity index (χ0) is 33.1. The highest BCUT2D eigenvalue weighted by Crippen LogP contribution is 2.68. The first kappa shape index (κ1) is 32.5. The van der Waals surface area contributed by atoms with E-state index < -0.39 is 41.5 Å². The Labute approximate surface area is 266 Å². The second-order valence-electron chi connectivity index (χ2n) is 13.5. The Kier molecular flexibility index (Phi) is 8.43. The molecule has 6 N–H and O–H groups in total. The van der Waals surface area contributed by atoms with Crippen LogP contribution in [-0.4, -0.2) is 108 Å². The number of carboxylic acid groups (broad SMARTS) is 2. The second-order valence-corrected chi connectivity index (χ2v) is 13.5. The number of hydrogen-bond acceptors (Lipinski definition) is 10. The summed E-state index contributed by atoms with van der Waals surface area (Å²) in [6.07, 6.45) is 3.53. The number of benzene rings is 1.